The second-order valence-electron chi connectivity index (χ2n) is 4.70. The molecule has 0 aliphatic carbocycles. The lowest BCUT2D eigenvalue weighted by Gasteiger charge is -2.08. The number of rotatable bonds is 4. The van der Waals surface area contributed by atoms with Gasteiger partial charge in [-0.1, -0.05) is 30.3 Å². The van der Waals surface area contributed by atoms with Crippen molar-refractivity contribution >= 4 is 38.6 Å². The topological polar surface area (TPSA) is 79.4 Å². The van der Waals surface area contributed by atoms with Crippen LogP contribution in [-0.4, -0.2) is 23.5 Å². The normalized spacial score (nSPS) is 11.0. The maximum Gasteiger partial charge on any atom is 0.280 e. The van der Waals surface area contributed by atoms with E-state index in [1.165, 1.54) is 6.20 Å². The van der Waals surface area contributed by atoms with E-state index >= 15 is 0 Å². The first-order valence-corrected chi connectivity index (χ1v) is 7.58. The second-order valence-corrected chi connectivity index (χ2v) is 5.49. The summed E-state index contributed by atoms with van der Waals surface area (Å²) in [4.78, 5) is 11.5. The molecule has 0 bridgehead atoms. The average Bonchev–Trinajstić information content (AvgIpc) is 2.58. The van der Waals surface area contributed by atoms with Crippen molar-refractivity contribution in [1.29, 1.82) is 0 Å². The second kappa shape index (κ2) is 6.62. The molecule has 23 heavy (non-hydrogen) atoms. The van der Waals surface area contributed by atoms with Gasteiger partial charge in [0.25, 0.3) is 5.56 Å². The fourth-order valence-electron chi connectivity index (χ4n) is 2.21. The maximum absolute atomic E-state index is 11.5. The molecule has 6 nitrogen and oxygen atoms in total. The standard InChI is InChI=1S/C16H13BrN4O2/c1-23-14-7-6-10-4-2-3-5-11(10)12(14)8-18-20-13-9-19-21-16(22)15(13)17/h2-9H,1H3,(H2,20,21,22)/b18-8+. The molecule has 0 amide bonds. The molecule has 0 radical (unpaired) electrons. The van der Waals surface area contributed by atoms with Crippen LogP contribution in [0.15, 0.2) is 57.0 Å². The summed E-state index contributed by atoms with van der Waals surface area (Å²) in [5, 5.41) is 12.4. The van der Waals surface area contributed by atoms with Gasteiger partial charge >= 0.3 is 0 Å². The van der Waals surface area contributed by atoms with E-state index < -0.39 is 0 Å². The number of nitrogens with one attached hydrogen (secondary N) is 2. The SMILES string of the molecule is COc1ccc2ccccc2c1/C=N/Nc1cn[nH]c(=O)c1Br. The molecule has 2 aromatic carbocycles. The van der Waals surface area contributed by atoms with Crippen LogP contribution in [0.1, 0.15) is 5.56 Å². The van der Waals surface area contributed by atoms with Gasteiger partial charge in [-0.05, 0) is 32.8 Å². The maximum atomic E-state index is 11.5. The zero-order chi connectivity index (χ0) is 16.2. The van der Waals surface area contributed by atoms with Crippen molar-refractivity contribution in [2.75, 3.05) is 12.5 Å². The van der Waals surface area contributed by atoms with Gasteiger partial charge < -0.3 is 4.74 Å². The molecule has 0 atom stereocenters. The molecule has 0 saturated heterocycles. The number of benzene rings is 2. The summed E-state index contributed by atoms with van der Waals surface area (Å²) in [6.45, 7) is 0. The minimum absolute atomic E-state index is 0.326. The van der Waals surface area contributed by atoms with Gasteiger partial charge in [-0.3, -0.25) is 10.2 Å². The number of aromatic amines is 1. The molecule has 7 heteroatoms. The third kappa shape index (κ3) is 3.09. The number of hydrogen-bond acceptors (Lipinski definition) is 5. The fourth-order valence-corrected chi connectivity index (χ4v) is 2.49. The van der Waals surface area contributed by atoms with Crippen molar-refractivity contribution in [1.82, 2.24) is 10.2 Å². The number of aromatic nitrogens is 2. The highest BCUT2D eigenvalue weighted by molar-refractivity contribution is 9.10. The van der Waals surface area contributed by atoms with Gasteiger partial charge in [0, 0.05) is 5.56 Å². The lowest BCUT2D eigenvalue weighted by molar-refractivity contribution is 0.415. The molecule has 0 spiro atoms. The van der Waals surface area contributed by atoms with Crippen LogP contribution < -0.4 is 15.7 Å². The number of hydrazone groups is 1. The number of halogens is 1. The van der Waals surface area contributed by atoms with Crippen molar-refractivity contribution in [3.63, 3.8) is 0 Å². The van der Waals surface area contributed by atoms with Crippen molar-refractivity contribution in [3.05, 3.63) is 63.0 Å². The van der Waals surface area contributed by atoms with Crippen molar-refractivity contribution in [3.8, 4) is 5.75 Å². The summed E-state index contributed by atoms with van der Waals surface area (Å²) in [6.07, 6.45) is 3.14. The number of anilines is 1. The molecular weight excluding hydrogens is 360 g/mol. The third-order valence-electron chi connectivity index (χ3n) is 3.32. The highest BCUT2D eigenvalue weighted by atomic mass is 79.9. The number of hydrogen-bond donors (Lipinski definition) is 2. The molecule has 3 aromatic rings. The van der Waals surface area contributed by atoms with E-state index in [4.69, 9.17) is 4.74 Å². The van der Waals surface area contributed by atoms with Crippen LogP contribution >= 0.6 is 15.9 Å². The van der Waals surface area contributed by atoms with E-state index in [-0.39, 0.29) is 5.56 Å². The largest absolute Gasteiger partial charge is 0.496 e. The van der Waals surface area contributed by atoms with Gasteiger partial charge in [-0.15, -0.1) is 0 Å². The molecule has 3 rings (SSSR count). The average molecular weight is 373 g/mol. The molecule has 116 valence electrons. The van der Waals surface area contributed by atoms with Gasteiger partial charge in [0.05, 0.1) is 25.2 Å². The Morgan fingerprint density at radius 3 is 2.96 bits per heavy atom. The van der Waals surface area contributed by atoms with Crippen LogP contribution in [0.5, 0.6) is 5.75 Å². The van der Waals surface area contributed by atoms with Gasteiger partial charge in [0.15, 0.2) is 0 Å². The van der Waals surface area contributed by atoms with E-state index in [9.17, 15) is 4.79 Å². The number of methoxy groups -OCH3 is 1. The number of nitrogens with zero attached hydrogens (tertiary/aromatic N) is 2. The lowest BCUT2D eigenvalue weighted by atomic mass is 10.0. The Balaban J connectivity index is 1.97. The molecular formula is C16H13BrN4O2. The number of H-pyrrole nitrogens is 1. The first-order valence-electron chi connectivity index (χ1n) is 6.78. The quantitative estimate of drug-likeness (QED) is 0.544. The Bertz CT molecular complexity index is 937. The summed E-state index contributed by atoms with van der Waals surface area (Å²) >= 11 is 3.19. The summed E-state index contributed by atoms with van der Waals surface area (Å²) in [5.41, 5.74) is 3.81. The lowest BCUT2D eigenvalue weighted by Crippen LogP contribution is -2.10. The smallest absolute Gasteiger partial charge is 0.280 e. The van der Waals surface area contributed by atoms with E-state index in [1.54, 1.807) is 13.3 Å². The van der Waals surface area contributed by atoms with Gasteiger partial charge in [0.2, 0.25) is 0 Å². The summed E-state index contributed by atoms with van der Waals surface area (Å²) < 4.78 is 5.75. The van der Waals surface area contributed by atoms with E-state index in [0.29, 0.717) is 10.2 Å². The van der Waals surface area contributed by atoms with Crippen molar-refractivity contribution in [2.45, 2.75) is 0 Å². The summed E-state index contributed by atoms with van der Waals surface area (Å²) in [5.74, 6) is 0.720. The molecule has 1 heterocycles. The molecule has 0 aliphatic heterocycles. The molecule has 0 aliphatic rings. The first-order chi connectivity index (χ1) is 11.2. The Labute approximate surface area is 140 Å². The predicted molar refractivity (Wildman–Crippen MR) is 94.3 cm³/mol. The van der Waals surface area contributed by atoms with Crippen LogP contribution in [-0.2, 0) is 0 Å². The van der Waals surface area contributed by atoms with Gasteiger partial charge in [-0.2, -0.15) is 10.2 Å². The Kier molecular flexibility index (Phi) is 4.38. The monoisotopic (exact) mass is 372 g/mol. The van der Waals surface area contributed by atoms with E-state index in [0.717, 1.165) is 22.1 Å². The molecule has 0 fully saturated rings. The highest BCUT2D eigenvalue weighted by Gasteiger charge is 2.06. The zero-order valence-corrected chi connectivity index (χ0v) is 13.8. The molecule has 0 unspecified atom stereocenters. The van der Waals surface area contributed by atoms with Crippen LogP contribution in [0.4, 0.5) is 5.69 Å². The van der Waals surface area contributed by atoms with Crippen LogP contribution in [0.25, 0.3) is 10.8 Å². The molecule has 0 saturated carbocycles. The summed E-state index contributed by atoms with van der Waals surface area (Å²) in [6, 6.07) is 11.9. The minimum atomic E-state index is -0.326. The van der Waals surface area contributed by atoms with Gasteiger partial charge in [-0.25, -0.2) is 5.10 Å². The van der Waals surface area contributed by atoms with Crippen molar-refractivity contribution < 1.29 is 4.74 Å². The van der Waals surface area contributed by atoms with Crippen LogP contribution in [0, 0.1) is 0 Å². The first kappa shape index (κ1) is 15.2. The minimum Gasteiger partial charge on any atom is -0.496 e. The van der Waals surface area contributed by atoms with E-state index in [1.807, 2.05) is 36.4 Å². The van der Waals surface area contributed by atoms with E-state index in [2.05, 4.69) is 36.7 Å². The zero-order valence-electron chi connectivity index (χ0n) is 12.2. The van der Waals surface area contributed by atoms with Gasteiger partial charge in [0.1, 0.15) is 10.2 Å². The number of ether oxygens (including phenoxy) is 1. The van der Waals surface area contributed by atoms with Crippen LogP contribution in [0.3, 0.4) is 0 Å². The highest BCUT2D eigenvalue weighted by Crippen LogP contribution is 2.26. The predicted octanol–water partition coefficient (Wildman–Crippen LogP) is 3.14. The Hall–Kier alpha value is -2.67. The molecule has 1 aromatic heterocycles. The number of fused-ring (bicyclic) bond motifs is 1. The fraction of sp³-hybridized carbons (Fsp3) is 0.0625. The Morgan fingerprint density at radius 2 is 2.13 bits per heavy atom. The molecule has 2 N–H and O–H groups in total. The van der Waals surface area contributed by atoms with Crippen molar-refractivity contribution in [2.24, 2.45) is 5.10 Å². The Morgan fingerprint density at radius 1 is 1.30 bits per heavy atom. The summed E-state index contributed by atoms with van der Waals surface area (Å²) in [7, 11) is 1.62. The van der Waals surface area contributed by atoms with Crippen LogP contribution in [0.2, 0.25) is 0 Å². The third-order valence-corrected chi connectivity index (χ3v) is 4.11.